The summed E-state index contributed by atoms with van der Waals surface area (Å²) in [5, 5.41) is 7.94. The van der Waals surface area contributed by atoms with Crippen LogP contribution in [0.3, 0.4) is 0 Å². The number of anilines is 1. The number of halogens is 1. The Bertz CT molecular complexity index is 1480. The van der Waals surface area contributed by atoms with Gasteiger partial charge in [-0.2, -0.15) is 5.10 Å². The minimum Gasteiger partial charge on any atom is -0.477 e. The number of rotatable bonds is 8. The largest absolute Gasteiger partial charge is 0.477 e. The summed E-state index contributed by atoms with van der Waals surface area (Å²) >= 11 is 0. The Morgan fingerprint density at radius 2 is 1.86 bits per heavy atom. The van der Waals surface area contributed by atoms with Gasteiger partial charge in [0.2, 0.25) is 11.8 Å². The second-order valence-corrected chi connectivity index (χ2v) is 9.71. The van der Waals surface area contributed by atoms with Crippen molar-refractivity contribution in [2.24, 2.45) is 0 Å². The first-order valence-corrected chi connectivity index (χ1v) is 12.2. The van der Waals surface area contributed by atoms with Gasteiger partial charge < -0.3 is 9.64 Å². The van der Waals surface area contributed by atoms with E-state index in [1.807, 2.05) is 6.92 Å². The van der Waals surface area contributed by atoms with Crippen LogP contribution in [0.5, 0.6) is 5.88 Å². The number of nitrogens with zero attached hydrogens (tertiary/aromatic N) is 3. The van der Waals surface area contributed by atoms with Crippen molar-refractivity contribution >= 4 is 32.5 Å². The quantitative estimate of drug-likeness (QED) is 0.383. The number of sulfonamides is 1. The van der Waals surface area contributed by atoms with Gasteiger partial charge in [-0.25, -0.2) is 17.8 Å². The highest BCUT2D eigenvalue weighted by molar-refractivity contribution is 7.92. The van der Waals surface area contributed by atoms with Gasteiger partial charge in [-0.1, -0.05) is 24.3 Å². The fourth-order valence-corrected chi connectivity index (χ4v) is 4.58. The zero-order valence-electron chi connectivity index (χ0n) is 19.4. The molecular weight excluding hydrogens is 473 g/mol. The van der Waals surface area contributed by atoms with Gasteiger partial charge in [0.1, 0.15) is 10.7 Å². The Labute approximate surface area is 202 Å². The SMILES string of the molecule is Cc1[nH]nc2cc(-c3ccc(NS(=O)(=O)c4ccccc4F)cc3)nc(OCCC(=O)N(C)C)c12. The Balaban J connectivity index is 1.58. The van der Waals surface area contributed by atoms with Crippen LogP contribution in [-0.2, 0) is 14.8 Å². The minimum atomic E-state index is -4.08. The molecule has 1 amide bonds. The summed E-state index contributed by atoms with van der Waals surface area (Å²) in [5.74, 6) is -0.544. The summed E-state index contributed by atoms with van der Waals surface area (Å²) in [4.78, 5) is 17.6. The lowest BCUT2D eigenvalue weighted by Crippen LogP contribution is -2.23. The van der Waals surface area contributed by atoms with Crippen molar-refractivity contribution in [3.05, 3.63) is 66.1 Å². The first-order chi connectivity index (χ1) is 16.7. The Morgan fingerprint density at radius 1 is 1.14 bits per heavy atom. The molecule has 0 radical (unpaired) electrons. The normalized spacial score (nSPS) is 11.4. The van der Waals surface area contributed by atoms with Crippen molar-refractivity contribution in [3.63, 3.8) is 0 Å². The van der Waals surface area contributed by atoms with E-state index in [-0.39, 0.29) is 24.6 Å². The van der Waals surface area contributed by atoms with E-state index in [2.05, 4.69) is 19.9 Å². The lowest BCUT2D eigenvalue weighted by Gasteiger charge is -2.12. The molecule has 2 heterocycles. The van der Waals surface area contributed by atoms with Crippen molar-refractivity contribution in [1.82, 2.24) is 20.1 Å². The van der Waals surface area contributed by atoms with Crippen LogP contribution < -0.4 is 9.46 Å². The molecule has 0 spiro atoms. The molecule has 0 fully saturated rings. The number of fused-ring (bicyclic) bond motifs is 1. The molecule has 2 aromatic carbocycles. The Morgan fingerprint density at radius 3 is 2.54 bits per heavy atom. The number of carbonyl (C=O) groups excluding carboxylic acids is 1. The number of hydrogen-bond acceptors (Lipinski definition) is 6. The van der Waals surface area contributed by atoms with E-state index in [1.54, 1.807) is 44.4 Å². The third-order valence-electron chi connectivity index (χ3n) is 5.30. The average molecular weight is 498 g/mol. The molecule has 0 bridgehead atoms. The lowest BCUT2D eigenvalue weighted by molar-refractivity contribution is -0.129. The highest BCUT2D eigenvalue weighted by atomic mass is 32.2. The van der Waals surface area contributed by atoms with E-state index in [9.17, 15) is 17.6 Å². The van der Waals surface area contributed by atoms with E-state index in [0.717, 1.165) is 17.1 Å². The molecule has 2 aromatic heterocycles. The summed E-state index contributed by atoms with van der Waals surface area (Å²) in [6.45, 7) is 2.01. The number of amides is 1. The number of ether oxygens (including phenoxy) is 1. The monoisotopic (exact) mass is 497 g/mol. The predicted molar refractivity (Wildman–Crippen MR) is 130 cm³/mol. The van der Waals surface area contributed by atoms with Gasteiger partial charge in [0, 0.05) is 31.0 Å². The number of aryl methyl sites for hydroxylation is 1. The first-order valence-electron chi connectivity index (χ1n) is 10.7. The van der Waals surface area contributed by atoms with Crippen LogP contribution in [0.1, 0.15) is 12.1 Å². The molecule has 0 aliphatic carbocycles. The molecule has 4 aromatic rings. The second kappa shape index (κ2) is 9.71. The predicted octanol–water partition coefficient (Wildman–Crippen LogP) is 3.73. The van der Waals surface area contributed by atoms with E-state index in [1.165, 1.54) is 23.1 Å². The number of benzene rings is 2. The Hall–Kier alpha value is -3.99. The number of nitrogens with one attached hydrogen (secondary N) is 2. The lowest BCUT2D eigenvalue weighted by atomic mass is 10.1. The summed E-state index contributed by atoms with van der Waals surface area (Å²) in [5.41, 5.74) is 2.95. The molecule has 0 atom stereocenters. The molecular formula is C24H24FN5O4S. The molecule has 4 rings (SSSR count). The molecule has 0 aliphatic rings. The van der Waals surface area contributed by atoms with E-state index >= 15 is 0 Å². The number of aromatic amines is 1. The number of H-pyrrole nitrogens is 1. The van der Waals surface area contributed by atoms with Crippen LogP contribution in [0.15, 0.2) is 59.5 Å². The van der Waals surface area contributed by atoms with Crippen molar-refractivity contribution in [3.8, 4) is 17.1 Å². The summed E-state index contributed by atoms with van der Waals surface area (Å²) in [6, 6.07) is 13.4. The highest BCUT2D eigenvalue weighted by Gasteiger charge is 2.19. The number of carbonyl (C=O) groups is 1. The molecule has 11 heteroatoms. The van der Waals surface area contributed by atoms with Gasteiger partial charge in [0.05, 0.1) is 29.6 Å². The van der Waals surface area contributed by atoms with Crippen LogP contribution in [0.4, 0.5) is 10.1 Å². The summed E-state index contributed by atoms with van der Waals surface area (Å²) in [6.07, 6.45) is 0.203. The van der Waals surface area contributed by atoms with Gasteiger partial charge in [-0.05, 0) is 37.3 Å². The second-order valence-electron chi connectivity index (χ2n) is 8.06. The van der Waals surface area contributed by atoms with Crippen molar-refractivity contribution in [2.75, 3.05) is 25.4 Å². The third kappa shape index (κ3) is 5.24. The molecule has 0 aliphatic heterocycles. The smallest absolute Gasteiger partial charge is 0.264 e. The topological polar surface area (TPSA) is 117 Å². The molecule has 182 valence electrons. The third-order valence-corrected chi connectivity index (χ3v) is 6.71. The van der Waals surface area contributed by atoms with Crippen LogP contribution >= 0.6 is 0 Å². The molecule has 2 N–H and O–H groups in total. The van der Waals surface area contributed by atoms with E-state index < -0.39 is 20.7 Å². The van der Waals surface area contributed by atoms with Crippen LogP contribution in [0.25, 0.3) is 22.2 Å². The molecule has 35 heavy (non-hydrogen) atoms. The number of pyridine rings is 1. The zero-order valence-corrected chi connectivity index (χ0v) is 20.2. The van der Waals surface area contributed by atoms with Crippen molar-refractivity contribution in [1.29, 1.82) is 0 Å². The molecule has 0 saturated carbocycles. The van der Waals surface area contributed by atoms with Gasteiger partial charge in [0.25, 0.3) is 10.0 Å². The van der Waals surface area contributed by atoms with Gasteiger partial charge in [-0.3, -0.25) is 14.6 Å². The number of hydrogen-bond donors (Lipinski definition) is 2. The fourth-order valence-electron chi connectivity index (χ4n) is 3.44. The van der Waals surface area contributed by atoms with Crippen LogP contribution in [0, 0.1) is 12.7 Å². The van der Waals surface area contributed by atoms with Crippen LogP contribution in [0.2, 0.25) is 0 Å². The maximum absolute atomic E-state index is 13.9. The van der Waals surface area contributed by atoms with Gasteiger partial charge in [0.15, 0.2) is 0 Å². The van der Waals surface area contributed by atoms with E-state index in [4.69, 9.17) is 4.74 Å². The average Bonchev–Trinajstić information content (AvgIpc) is 3.20. The van der Waals surface area contributed by atoms with Crippen molar-refractivity contribution in [2.45, 2.75) is 18.2 Å². The van der Waals surface area contributed by atoms with Crippen molar-refractivity contribution < 1.29 is 22.3 Å². The Kier molecular flexibility index (Phi) is 6.70. The minimum absolute atomic E-state index is 0.0604. The molecule has 0 unspecified atom stereocenters. The maximum Gasteiger partial charge on any atom is 0.264 e. The first kappa shape index (κ1) is 24.1. The molecule has 9 nitrogen and oxygen atoms in total. The fraction of sp³-hybridized carbons (Fsp3) is 0.208. The van der Waals surface area contributed by atoms with E-state index in [0.29, 0.717) is 22.7 Å². The maximum atomic E-state index is 13.9. The van der Waals surface area contributed by atoms with Gasteiger partial charge in [-0.15, -0.1) is 0 Å². The molecule has 0 saturated heterocycles. The van der Waals surface area contributed by atoms with Crippen LogP contribution in [-0.4, -0.2) is 55.1 Å². The standard InChI is InChI=1S/C24H24FN5O4S/c1-15-23-20(28-27-15)14-19(26-24(23)34-13-12-22(31)30(2)3)16-8-10-17(11-9-16)29-35(32,33)21-7-5-4-6-18(21)25/h4-11,14,29H,12-13H2,1-3H3,(H,27,28). The van der Waals surface area contributed by atoms with Gasteiger partial charge >= 0.3 is 0 Å². The summed E-state index contributed by atoms with van der Waals surface area (Å²) in [7, 11) is -0.723. The highest BCUT2D eigenvalue weighted by Crippen LogP contribution is 2.31. The summed E-state index contributed by atoms with van der Waals surface area (Å²) < 4.78 is 47.3. The number of aromatic nitrogens is 3. The zero-order chi connectivity index (χ0) is 25.2.